The first kappa shape index (κ1) is 25.6. The van der Waals surface area contributed by atoms with Gasteiger partial charge in [0.25, 0.3) is 0 Å². The number of nitriles is 1. The summed E-state index contributed by atoms with van der Waals surface area (Å²) in [6, 6.07) is 14.4. The highest BCUT2D eigenvalue weighted by Crippen LogP contribution is 2.52. The van der Waals surface area contributed by atoms with Gasteiger partial charge in [0.1, 0.15) is 0 Å². The van der Waals surface area contributed by atoms with Crippen LogP contribution >= 0.6 is 0 Å². The monoisotopic (exact) mass is 378 g/mol. The van der Waals surface area contributed by atoms with E-state index in [1.807, 2.05) is 33.8 Å². The molecule has 0 amide bonds. The number of fused-ring (bicyclic) bond motifs is 1. The van der Waals surface area contributed by atoms with Crippen molar-refractivity contribution >= 4 is 11.1 Å². The molecule has 0 aliphatic heterocycles. The fraction of sp³-hybridized carbons (Fsp3) is 0.462. The number of hydrogen-bond donors (Lipinski definition) is 0. The van der Waals surface area contributed by atoms with Crippen molar-refractivity contribution < 1.29 is 0 Å². The van der Waals surface area contributed by atoms with Crippen LogP contribution < -0.4 is 0 Å². The van der Waals surface area contributed by atoms with E-state index >= 15 is 0 Å². The number of benzene rings is 1. The van der Waals surface area contributed by atoms with Crippen LogP contribution in [0.2, 0.25) is 0 Å². The first-order valence-electron chi connectivity index (χ1n) is 10.7. The van der Waals surface area contributed by atoms with Gasteiger partial charge in [-0.05, 0) is 47.8 Å². The molecule has 1 aromatic heterocycles. The SMILES string of the molecule is CC.CC.CCC.CCC1(C)C(c2cc(C#N)ccn2)=C(C)c2ccccc21. The Morgan fingerprint density at radius 2 is 1.57 bits per heavy atom. The Hall–Kier alpha value is -2.40. The third kappa shape index (κ3) is 5.32. The van der Waals surface area contributed by atoms with Crippen molar-refractivity contribution in [1.82, 2.24) is 4.98 Å². The lowest BCUT2D eigenvalue weighted by atomic mass is 9.75. The summed E-state index contributed by atoms with van der Waals surface area (Å²) in [5.74, 6) is 0. The zero-order chi connectivity index (χ0) is 21.7. The molecule has 1 aromatic carbocycles. The van der Waals surface area contributed by atoms with E-state index in [0.717, 1.165) is 12.1 Å². The average molecular weight is 379 g/mol. The van der Waals surface area contributed by atoms with Crippen LogP contribution in [-0.2, 0) is 5.41 Å². The van der Waals surface area contributed by atoms with Crippen molar-refractivity contribution in [1.29, 1.82) is 5.26 Å². The minimum Gasteiger partial charge on any atom is -0.256 e. The van der Waals surface area contributed by atoms with E-state index in [4.69, 9.17) is 5.26 Å². The van der Waals surface area contributed by atoms with E-state index in [-0.39, 0.29) is 5.41 Å². The molecule has 152 valence electrons. The summed E-state index contributed by atoms with van der Waals surface area (Å²) < 4.78 is 0. The number of hydrogen-bond acceptors (Lipinski definition) is 2. The third-order valence-corrected chi connectivity index (χ3v) is 4.70. The lowest BCUT2D eigenvalue weighted by molar-refractivity contribution is 0.598. The van der Waals surface area contributed by atoms with E-state index < -0.39 is 0 Å². The maximum Gasteiger partial charge on any atom is 0.0992 e. The Balaban J connectivity index is 0.000000930. The summed E-state index contributed by atoms with van der Waals surface area (Å²) in [5.41, 5.74) is 6.75. The molecule has 3 rings (SSSR count). The fourth-order valence-electron chi connectivity index (χ4n) is 3.45. The predicted molar refractivity (Wildman–Crippen MR) is 124 cm³/mol. The first-order chi connectivity index (χ1) is 13.5. The molecule has 0 saturated heterocycles. The second kappa shape index (κ2) is 12.9. The standard InChI is InChI=1S/C19H18N2.C3H8.2C2H6/c1-4-19(3)16-8-6-5-7-15(16)13(2)18(19)17-11-14(12-20)9-10-21-17;1-3-2;2*1-2/h5-11H,4H2,1-3H3;3H2,1-2H3;2*1-2H3. The molecule has 1 aliphatic rings. The third-order valence-electron chi connectivity index (χ3n) is 4.70. The van der Waals surface area contributed by atoms with Crippen molar-refractivity contribution in [3.05, 3.63) is 65.0 Å². The van der Waals surface area contributed by atoms with Gasteiger partial charge >= 0.3 is 0 Å². The van der Waals surface area contributed by atoms with Gasteiger partial charge in [-0.1, -0.05) is 86.1 Å². The van der Waals surface area contributed by atoms with Crippen molar-refractivity contribution in [2.45, 2.75) is 80.6 Å². The second-order valence-corrected chi connectivity index (χ2v) is 6.48. The van der Waals surface area contributed by atoms with Crippen LogP contribution in [0.25, 0.3) is 11.1 Å². The molecule has 1 atom stereocenters. The highest BCUT2D eigenvalue weighted by atomic mass is 14.7. The van der Waals surface area contributed by atoms with Gasteiger partial charge in [0, 0.05) is 11.6 Å². The molecule has 0 fully saturated rings. The summed E-state index contributed by atoms with van der Waals surface area (Å²) >= 11 is 0. The van der Waals surface area contributed by atoms with Crippen molar-refractivity contribution in [3.8, 4) is 6.07 Å². The summed E-state index contributed by atoms with van der Waals surface area (Å²) in [5, 5.41) is 9.14. The summed E-state index contributed by atoms with van der Waals surface area (Å²) in [6.45, 7) is 18.9. The Morgan fingerprint density at radius 1 is 1.00 bits per heavy atom. The van der Waals surface area contributed by atoms with Crippen LogP contribution in [0.5, 0.6) is 0 Å². The quantitative estimate of drug-likeness (QED) is 0.530. The van der Waals surface area contributed by atoms with E-state index in [1.54, 1.807) is 12.3 Å². The van der Waals surface area contributed by atoms with Gasteiger partial charge in [0.15, 0.2) is 0 Å². The van der Waals surface area contributed by atoms with Gasteiger partial charge in [0.05, 0.1) is 17.3 Å². The van der Waals surface area contributed by atoms with E-state index in [1.165, 1.54) is 28.7 Å². The van der Waals surface area contributed by atoms with Gasteiger partial charge in [-0.15, -0.1) is 0 Å². The molecule has 2 nitrogen and oxygen atoms in total. The largest absolute Gasteiger partial charge is 0.256 e. The van der Waals surface area contributed by atoms with Crippen LogP contribution in [0.15, 0.2) is 42.6 Å². The van der Waals surface area contributed by atoms with Gasteiger partial charge in [-0.25, -0.2) is 0 Å². The first-order valence-corrected chi connectivity index (χ1v) is 10.7. The molecular weight excluding hydrogens is 340 g/mol. The molecule has 2 heteroatoms. The lowest BCUT2D eigenvalue weighted by Gasteiger charge is -2.28. The van der Waals surface area contributed by atoms with E-state index in [9.17, 15) is 0 Å². The lowest BCUT2D eigenvalue weighted by Crippen LogP contribution is -2.20. The fourth-order valence-corrected chi connectivity index (χ4v) is 3.45. The zero-order valence-electron chi connectivity index (χ0n) is 19.4. The maximum atomic E-state index is 9.14. The summed E-state index contributed by atoms with van der Waals surface area (Å²) in [4.78, 5) is 4.54. The van der Waals surface area contributed by atoms with Crippen molar-refractivity contribution in [2.75, 3.05) is 0 Å². The maximum absolute atomic E-state index is 9.14. The summed E-state index contributed by atoms with van der Waals surface area (Å²) in [6.07, 6.45) is 3.99. The molecule has 1 heterocycles. The average Bonchev–Trinajstić information content (AvgIpc) is 2.99. The number of rotatable bonds is 2. The van der Waals surface area contributed by atoms with Crippen LogP contribution in [0, 0.1) is 11.3 Å². The zero-order valence-corrected chi connectivity index (χ0v) is 19.4. The van der Waals surface area contributed by atoms with Gasteiger partial charge in [-0.2, -0.15) is 5.26 Å². The van der Waals surface area contributed by atoms with Crippen LogP contribution in [0.1, 0.15) is 97.5 Å². The Labute approximate surface area is 173 Å². The highest BCUT2D eigenvalue weighted by Gasteiger charge is 2.39. The second-order valence-electron chi connectivity index (χ2n) is 6.48. The Kier molecular flexibility index (Phi) is 11.8. The van der Waals surface area contributed by atoms with E-state index in [2.05, 4.69) is 69.9 Å². The number of allylic oxidation sites excluding steroid dienone is 2. The van der Waals surface area contributed by atoms with Crippen LogP contribution in [-0.4, -0.2) is 4.98 Å². The molecule has 0 saturated carbocycles. The van der Waals surface area contributed by atoms with Gasteiger partial charge < -0.3 is 0 Å². The minimum atomic E-state index is -0.0399. The highest BCUT2D eigenvalue weighted by molar-refractivity contribution is 6.00. The molecule has 0 N–H and O–H groups in total. The molecular formula is C26H38N2. The smallest absolute Gasteiger partial charge is 0.0992 e. The predicted octanol–water partition coefficient (Wildman–Crippen LogP) is 8.03. The number of nitrogens with zero attached hydrogens (tertiary/aromatic N) is 2. The topological polar surface area (TPSA) is 36.7 Å². The molecule has 1 unspecified atom stereocenters. The normalized spacial score (nSPS) is 16.3. The molecule has 2 aromatic rings. The molecule has 0 spiro atoms. The minimum absolute atomic E-state index is 0.0399. The van der Waals surface area contributed by atoms with E-state index in [0.29, 0.717) is 5.56 Å². The molecule has 0 radical (unpaired) electrons. The number of aromatic nitrogens is 1. The van der Waals surface area contributed by atoms with Crippen LogP contribution in [0.4, 0.5) is 0 Å². The molecule has 0 bridgehead atoms. The van der Waals surface area contributed by atoms with Crippen LogP contribution in [0.3, 0.4) is 0 Å². The molecule has 1 aliphatic carbocycles. The Morgan fingerprint density at radius 3 is 2.11 bits per heavy atom. The molecule has 28 heavy (non-hydrogen) atoms. The van der Waals surface area contributed by atoms with Gasteiger partial charge in [-0.3, -0.25) is 4.98 Å². The summed E-state index contributed by atoms with van der Waals surface area (Å²) in [7, 11) is 0. The van der Waals surface area contributed by atoms with Gasteiger partial charge in [0.2, 0.25) is 0 Å². The van der Waals surface area contributed by atoms with Crippen molar-refractivity contribution in [2.24, 2.45) is 0 Å². The van der Waals surface area contributed by atoms with Crippen molar-refractivity contribution in [3.63, 3.8) is 0 Å². The number of pyridine rings is 1. The Bertz CT molecular complexity index is 796.